The molecular weight excluding hydrogens is 601 g/mol. The Balaban J connectivity index is 1.43. The molecule has 7 aromatic rings. The molecule has 0 radical (unpaired) electrons. The lowest BCUT2D eigenvalue weighted by Crippen LogP contribution is -1.99. The minimum Gasteiger partial charge on any atom is -0.0991 e. The molecule has 0 nitrogen and oxygen atoms in total. The van der Waals surface area contributed by atoms with Gasteiger partial charge in [0.25, 0.3) is 0 Å². The first-order valence-corrected chi connectivity index (χ1v) is 17.4. The van der Waals surface area contributed by atoms with Gasteiger partial charge in [-0.05, 0) is 119 Å². The summed E-state index contributed by atoms with van der Waals surface area (Å²) in [6, 6.07) is 57.6. The summed E-state index contributed by atoms with van der Waals surface area (Å²) >= 11 is 0. The van der Waals surface area contributed by atoms with Gasteiger partial charge in [0.05, 0.1) is 0 Å². The summed E-state index contributed by atoms with van der Waals surface area (Å²) < 4.78 is 0. The van der Waals surface area contributed by atoms with Crippen molar-refractivity contribution in [1.29, 1.82) is 0 Å². The summed E-state index contributed by atoms with van der Waals surface area (Å²) in [5.74, 6) is 0. The number of allylic oxidation sites excluding steroid dienone is 5. The molecule has 0 amide bonds. The molecule has 0 saturated carbocycles. The highest BCUT2D eigenvalue weighted by molar-refractivity contribution is 6.04. The Morgan fingerprint density at radius 1 is 0.500 bits per heavy atom. The van der Waals surface area contributed by atoms with Gasteiger partial charge >= 0.3 is 0 Å². The lowest BCUT2D eigenvalue weighted by atomic mass is 9.86. The Bertz CT molecular complexity index is 2570. The molecule has 0 saturated heterocycles. The fourth-order valence-corrected chi connectivity index (χ4v) is 7.25. The van der Waals surface area contributed by atoms with Gasteiger partial charge in [0.2, 0.25) is 0 Å². The van der Waals surface area contributed by atoms with Crippen LogP contribution in [0.3, 0.4) is 0 Å². The molecule has 0 N–H and O–H groups in total. The quantitative estimate of drug-likeness (QED) is 0.159. The fraction of sp³-hybridized carbons (Fsp3) is 0.0400. The van der Waals surface area contributed by atoms with E-state index in [4.69, 9.17) is 0 Å². The summed E-state index contributed by atoms with van der Waals surface area (Å²) in [6.07, 6.45) is 10.2. The van der Waals surface area contributed by atoms with Crippen molar-refractivity contribution in [2.75, 3.05) is 0 Å². The van der Waals surface area contributed by atoms with Crippen molar-refractivity contribution in [3.63, 3.8) is 0 Å². The molecule has 238 valence electrons. The molecule has 0 heterocycles. The summed E-state index contributed by atoms with van der Waals surface area (Å²) in [7, 11) is 0. The molecule has 1 aliphatic carbocycles. The summed E-state index contributed by atoms with van der Waals surface area (Å²) in [6.45, 7) is 8.51. The van der Waals surface area contributed by atoms with E-state index in [1.165, 1.54) is 65.9 Å². The Morgan fingerprint density at radius 2 is 1.12 bits per heavy atom. The maximum Gasteiger partial charge on any atom is -0.00933 e. The van der Waals surface area contributed by atoms with Crippen molar-refractivity contribution in [3.8, 4) is 22.3 Å². The second-order valence-corrected chi connectivity index (χ2v) is 13.0. The highest BCUT2D eigenvalue weighted by Gasteiger charge is 2.15. The maximum atomic E-state index is 4.58. The molecule has 50 heavy (non-hydrogen) atoms. The zero-order valence-electron chi connectivity index (χ0n) is 28.1. The van der Waals surface area contributed by atoms with Crippen molar-refractivity contribution >= 4 is 49.5 Å². The first-order valence-electron chi connectivity index (χ1n) is 17.4. The standard InChI is InChI=1S/C50H38/c1-3-4-12-35(2)47-20-11-19-39(43-24-21-36-13-5-8-16-40(36)31-43)27-29-48(46-26-23-38-15-7-10-18-42(38)33-46)49-30-28-45(34-50(47)49)44-25-22-37-14-6-9-17-41(37)32-44/h3-22,24-25,27-34H,1-2,23,26H2/b12-4-,19-11?,20-11?,29-27?,39-19?,39-27?,47-20?,48-29?,49-48?,50-47?. The van der Waals surface area contributed by atoms with Gasteiger partial charge in [-0.3, -0.25) is 0 Å². The number of rotatable bonds is 6. The second kappa shape index (κ2) is 13.7. The smallest absolute Gasteiger partial charge is 0.00933 e. The van der Waals surface area contributed by atoms with E-state index in [1.54, 1.807) is 0 Å². The van der Waals surface area contributed by atoms with E-state index in [2.05, 4.69) is 183 Å². The summed E-state index contributed by atoms with van der Waals surface area (Å²) in [5, 5.41) is 7.31. The zero-order chi connectivity index (χ0) is 33.9. The third-order valence-electron chi connectivity index (χ3n) is 9.91. The maximum absolute atomic E-state index is 4.58. The molecule has 0 aliphatic heterocycles. The SMILES string of the molecule is C=C/C=C\C(=C)c1cccc(-c2ccc3ccccc3c2)ccc(C2=Cc3ccccc3CC2)c2ccc(-c3ccc4ccccc4c3)cc12. The van der Waals surface area contributed by atoms with Crippen LogP contribution in [-0.4, -0.2) is 0 Å². The molecule has 0 aromatic heterocycles. The van der Waals surface area contributed by atoms with Gasteiger partial charge in [0.15, 0.2) is 0 Å². The average molecular weight is 639 g/mol. The number of benzene rings is 6. The van der Waals surface area contributed by atoms with Gasteiger partial charge in [-0.2, -0.15) is 0 Å². The van der Waals surface area contributed by atoms with Crippen LogP contribution < -0.4 is 0 Å². The van der Waals surface area contributed by atoms with Crippen LogP contribution in [0, 0.1) is 0 Å². The largest absolute Gasteiger partial charge is 0.0991 e. The molecule has 0 atom stereocenters. The first-order chi connectivity index (χ1) is 24.6. The van der Waals surface area contributed by atoms with Crippen molar-refractivity contribution in [2.45, 2.75) is 12.8 Å². The minimum atomic E-state index is 0.936. The van der Waals surface area contributed by atoms with Gasteiger partial charge in [0.1, 0.15) is 0 Å². The molecule has 0 spiro atoms. The normalized spacial score (nSPS) is 12.4. The Hall–Kier alpha value is -6.24. The molecule has 8 rings (SSSR count). The third kappa shape index (κ3) is 6.20. The Labute approximate surface area is 295 Å². The first kappa shape index (κ1) is 31.1. The van der Waals surface area contributed by atoms with Crippen LogP contribution in [-0.2, 0) is 6.42 Å². The van der Waals surface area contributed by atoms with E-state index in [1.807, 2.05) is 12.2 Å². The molecule has 0 fully saturated rings. The predicted molar refractivity (Wildman–Crippen MR) is 218 cm³/mol. The molecule has 7 aromatic carbocycles. The number of aryl methyl sites for hydroxylation is 1. The van der Waals surface area contributed by atoms with E-state index in [0.29, 0.717) is 0 Å². The van der Waals surface area contributed by atoms with E-state index >= 15 is 0 Å². The Kier molecular flexibility index (Phi) is 8.51. The van der Waals surface area contributed by atoms with E-state index < -0.39 is 0 Å². The van der Waals surface area contributed by atoms with Crippen molar-refractivity contribution in [1.82, 2.24) is 0 Å². The van der Waals surface area contributed by atoms with Gasteiger partial charge in [-0.15, -0.1) is 0 Å². The number of hydrogen-bond donors (Lipinski definition) is 0. The van der Waals surface area contributed by atoms with Gasteiger partial charge in [-0.25, -0.2) is 0 Å². The molecule has 0 heteroatoms. The predicted octanol–water partition coefficient (Wildman–Crippen LogP) is 13.8. The third-order valence-corrected chi connectivity index (χ3v) is 9.91. The van der Waals surface area contributed by atoms with E-state index in [9.17, 15) is 0 Å². The van der Waals surface area contributed by atoms with E-state index in [0.717, 1.165) is 34.9 Å². The van der Waals surface area contributed by atoms with Crippen molar-refractivity contribution < 1.29 is 0 Å². The van der Waals surface area contributed by atoms with Crippen LogP contribution in [0.4, 0.5) is 0 Å². The second-order valence-electron chi connectivity index (χ2n) is 13.0. The number of fused-ring (bicyclic) bond motifs is 4. The topological polar surface area (TPSA) is 0 Å². The Morgan fingerprint density at radius 3 is 1.86 bits per heavy atom. The summed E-state index contributed by atoms with van der Waals surface area (Å²) in [4.78, 5) is 0. The van der Waals surface area contributed by atoms with Crippen molar-refractivity contribution in [3.05, 3.63) is 211 Å². The minimum absolute atomic E-state index is 0.936. The number of hydrogen-bond acceptors (Lipinski definition) is 0. The van der Waals surface area contributed by atoms with Gasteiger partial charge in [-0.1, -0.05) is 177 Å². The highest BCUT2D eigenvalue weighted by atomic mass is 14.2. The molecule has 0 bridgehead atoms. The zero-order valence-corrected chi connectivity index (χ0v) is 28.1. The fourth-order valence-electron chi connectivity index (χ4n) is 7.25. The molecule has 0 unspecified atom stereocenters. The van der Waals surface area contributed by atoms with Gasteiger partial charge in [0, 0.05) is 0 Å². The van der Waals surface area contributed by atoms with Crippen LogP contribution in [0.25, 0.3) is 71.8 Å². The van der Waals surface area contributed by atoms with Crippen LogP contribution in [0.5, 0.6) is 0 Å². The monoisotopic (exact) mass is 638 g/mol. The van der Waals surface area contributed by atoms with Crippen molar-refractivity contribution in [2.24, 2.45) is 0 Å². The van der Waals surface area contributed by atoms with Crippen LogP contribution >= 0.6 is 0 Å². The lowest BCUT2D eigenvalue weighted by molar-refractivity contribution is 1.00. The molecule has 1 aliphatic rings. The lowest BCUT2D eigenvalue weighted by Gasteiger charge is -2.18. The highest BCUT2D eigenvalue weighted by Crippen LogP contribution is 2.38. The summed E-state index contributed by atoms with van der Waals surface area (Å²) in [5.41, 5.74) is 12.0. The van der Waals surface area contributed by atoms with Crippen LogP contribution in [0.1, 0.15) is 28.7 Å². The van der Waals surface area contributed by atoms with E-state index in [-0.39, 0.29) is 0 Å². The molecular formula is C50H38. The van der Waals surface area contributed by atoms with Crippen LogP contribution in [0.2, 0.25) is 0 Å². The van der Waals surface area contributed by atoms with Gasteiger partial charge < -0.3 is 0 Å². The van der Waals surface area contributed by atoms with Crippen LogP contribution in [0.15, 0.2) is 189 Å². The average Bonchev–Trinajstić information content (AvgIpc) is 3.17.